The first-order chi connectivity index (χ1) is 7.29. The molecule has 90 valence electrons. The summed E-state index contributed by atoms with van der Waals surface area (Å²) in [4.78, 5) is 0. The SMILES string of the molecule is COc1c(C(O)C(C)(C)C)ccc(C)c1C. The Kier molecular flexibility index (Phi) is 3.64. The number of hydrogen-bond donors (Lipinski definition) is 1. The first-order valence-corrected chi connectivity index (χ1v) is 5.61. The maximum Gasteiger partial charge on any atom is 0.127 e. The summed E-state index contributed by atoms with van der Waals surface area (Å²) in [5.74, 6) is 0.808. The first kappa shape index (κ1) is 13.0. The third-order valence-corrected chi connectivity index (χ3v) is 3.03. The Morgan fingerprint density at radius 1 is 1.19 bits per heavy atom. The van der Waals surface area contributed by atoms with E-state index in [-0.39, 0.29) is 5.41 Å². The number of benzene rings is 1. The zero-order valence-corrected chi connectivity index (χ0v) is 11.1. The Morgan fingerprint density at radius 3 is 2.19 bits per heavy atom. The van der Waals surface area contributed by atoms with Crippen molar-refractivity contribution in [2.75, 3.05) is 7.11 Å². The zero-order valence-electron chi connectivity index (χ0n) is 11.1. The van der Waals surface area contributed by atoms with Crippen molar-refractivity contribution in [2.45, 2.75) is 40.7 Å². The van der Waals surface area contributed by atoms with E-state index >= 15 is 0 Å². The molecule has 0 aliphatic carbocycles. The summed E-state index contributed by atoms with van der Waals surface area (Å²) in [6, 6.07) is 3.99. The molecule has 1 aromatic carbocycles. The predicted octanol–water partition coefficient (Wildman–Crippen LogP) is 3.39. The molecule has 0 bridgehead atoms. The molecule has 1 rings (SSSR count). The van der Waals surface area contributed by atoms with Gasteiger partial charge < -0.3 is 9.84 Å². The highest BCUT2D eigenvalue weighted by molar-refractivity contribution is 5.46. The smallest absolute Gasteiger partial charge is 0.127 e. The average molecular weight is 222 g/mol. The molecule has 1 atom stereocenters. The van der Waals surface area contributed by atoms with E-state index in [0.717, 1.165) is 16.9 Å². The Labute approximate surface area is 98.3 Å². The van der Waals surface area contributed by atoms with Gasteiger partial charge in [-0.2, -0.15) is 0 Å². The lowest BCUT2D eigenvalue weighted by Gasteiger charge is -2.28. The third kappa shape index (κ3) is 2.38. The van der Waals surface area contributed by atoms with Gasteiger partial charge in [-0.15, -0.1) is 0 Å². The van der Waals surface area contributed by atoms with Crippen molar-refractivity contribution in [3.8, 4) is 5.75 Å². The van der Waals surface area contributed by atoms with Crippen LogP contribution in [0, 0.1) is 19.3 Å². The van der Waals surface area contributed by atoms with Crippen LogP contribution in [-0.4, -0.2) is 12.2 Å². The highest BCUT2D eigenvalue weighted by Crippen LogP contribution is 2.39. The van der Waals surface area contributed by atoms with Gasteiger partial charge >= 0.3 is 0 Å². The van der Waals surface area contributed by atoms with E-state index in [4.69, 9.17) is 4.74 Å². The predicted molar refractivity (Wildman–Crippen MR) is 66.9 cm³/mol. The molecular weight excluding hydrogens is 200 g/mol. The number of methoxy groups -OCH3 is 1. The Balaban J connectivity index is 3.30. The van der Waals surface area contributed by atoms with E-state index in [1.54, 1.807) is 7.11 Å². The molecule has 2 heteroatoms. The van der Waals surface area contributed by atoms with Gasteiger partial charge in [0.25, 0.3) is 0 Å². The topological polar surface area (TPSA) is 29.5 Å². The molecule has 0 saturated carbocycles. The molecule has 0 fully saturated rings. The van der Waals surface area contributed by atoms with Crippen LogP contribution in [0.25, 0.3) is 0 Å². The molecule has 0 aromatic heterocycles. The molecule has 1 aromatic rings. The minimum Gasteiger partial charge on any atom is -0.496 e. The van der Waals surface area contributed by atoms with Crippen molar-refractivity contribution >= 4 is 0 Å². The van der Waals surface area contributed by atoms with Crippen molar-refractivity contribution in [3.63, 3.8) is 0 Å². The fourth-order valence-electron chi connectivity index (χ4n) is 1.76. The molecule has 0 aliphatic rings. The van der Waals surface area contributed by atoms with Crippen LogP contribution in [0.4, 0.5) is 0 Å². The molecular formula is C14H22O2. The van der Waals surface area contributed by atoms with Crippen LogP contribution in [0.1, 0.15) is 43.6 Å². The van der Waals surface area contributed by atoms with Crippen LogP contribution in [0.15, 0.2) is 12.1 Å². The molecule has 0 amide bonds. The normalized spacial score (nSPS) is 13.7. The van der Waals surface area contributed by atoms with Gasteiger partial charge in [-0.1, -0.05) is 32.9 Å². The van der Waals surface area contributed by atoms with E-state index in [1.807, 2.05) is 46.8 Å². The quantitative estimate of drug-likeness (QED) is 0.831. The molecule has 2 nitrogen and oxygen atoms in total. The Bertz CT molecular complexity index is 375. The molecule has 1 N–H and O–H groups in total. The number of aliphatic hydroxyl groups is 1. The minimum atomic E-state index is -0.512. The highest BCUT2D eigenvalue weighted by atomic mass is 16.5. The van der Waals surface area contributed by atoms with Crippen molar-refractivity contribution in [2.24, 2.45) is 5.41 Å². The van der Waals surface area contributed by atoms with Crippen LogP contribution in [0.2, 0.25) is 0 Å². The average Bonchev–Trinajstić information content (AvgIpc) is 2.19. The second-order valence-corrected chi connectivity index (χ2v) is 5.40. The Morgan fingerprint density at radius 2 is 1.75 bits per heavy atom. The summed E-state index contributed by atoms with van der Waals surface area (Å²) in [6.07, 6.45) is -0.512. The molecule has 1 unspecified atom stereocenters. The number of hydrogen-bond acceptors (Lipinski definition) is 2. The summed E-state index contributed by atoms with van der Waals surface area (Å²) >= 11 is 0. The van der Waals surface area contributed by atoms with Gasteiger partial charge in [0.1, 0.15) is 5.75 Å². The third-order valence-electron chi connectivity index (χ3n) is 3.03. The summed E-state index contributed by atoms with van der Waals surface area (Å²) in [5, 5.41) is 10.3. The zero-order chi connectivity index (χ0) is 12.5. The van der Waals surface area contributed by atoms with E-state index in [0.29, 0.717) is 0 Å². The number of aliphatic hydroxyl groups excluding tert-OH is 1. The number of ether oxygens (including phenoxy) is 1. The van der Waals surface area contributed by atoms with Crippen molar-refractivity contribution < 1.29 is 9.84 Å². The van der Waals surface area contributed by atoms with Crippen molar-refractivity contribution in [1.29, 1.82) is 0 Å². The fourth-order valence-corrected chi connectivity index (χ4v) is 1.76. The maximum absolute atomic E-state index is 10.3. The molecule has 0 heterocycles. The van der Waals surface area contributed by atoms with Gasteiger partial charge in [-0.05, 0) is 30.4 Å². The van der Waals surface area contributed by atoms with Crippen molar-refractivity contribution in [3.05, 3.63) is 28.8 Å². The fraction of sp³-hybridized carbons (Fsp3) is 0.571. The standard InChI is InChI=1S/C14H22O2/c1-9-7-8-11(12(16-6)10(9)2)13(15)14(3,4)5/h7-8,13,15H,1-6H3. The summed E-state index contributed by atoms with van der Waals surface area (Å²) in [7, 11) is 1.65. The lowest BCUT2D eigenvalue weighted by atomic mass is 9.83. The van der Waals surface area contributed by atoms with E-state index < -0.39 is 6.10 Å². The molecule has 0 spiro atoms. The lowest BCUT2D eigenvalue weighted by Crippen LogP contribution is -2.19. The van der Waals surface area contributed by atoms with Crippen LogP contribution in [0.3, 0.4) is 0 Å². The van der Waals surface area contributed by atoms with E-state index in [2.05, 4.69) is 0 Å². The van der Waals surface area contributed by atoms with Gasteiger partial charge in [0.15, 0.2) is 0 Å². The number of rotatable bonds is 2. The molecule has 16 heavy (non-hydrogen) atoms. The lowest BCUT2D eigenvalue weighted by molar-refractivity contribution is 0.0603. The first-order valence-electron chi connectivity index (χ1n) is 5.61. The van der Waals surface area contributed by atoms with Gasteiger partial charge in [-0.25, -0.2) is 0 Å². The summed E-state index contributed by atoms with van der Waals surface area (Å²) < 4.78 is 5.41. The van der Waals surface area contributed by atoms with Crippen LogP contribution >= 0.6 is 0 Å². The number of aryl methyl sites for hydroxylation is 1. The second-order valence-electron chi connectivity index (χ2n) is 5.40. The summed E-state index contributed by atoms with van der Waals surface area (Å²) in [6.45, 7) is 10.1. The van der Waals surface area contributed by atoms with Gasteiger partial charge in [0.05, 0.1) is 13.2 Å². The van der Waals surface area contributed by atoms with Gasteiger partial charge in [-0.3, -0.25) is 0 Å². The highest BCUT2D eigenvalue weighted by Gasteiger charge is 2.27. The van der Waals surface area contributed by atoms with Crippen LogP contribution < -0.4 is 4.74 Å². The van der Waals surface area contributed by atoms with E-state index in [1.165, 1.54) is 5.56 Å². The molecule has 0 saturated heterocycles. The van der Waals surface area contributed by atoms with E-state index in [9.17, 15) is 5.11 Å². The molecule has 0 aliphatic heterocycles. The second kappa shape index (κ2) is 4.46. The Hall–Kier alpha value is -1.02. The van der Waals surface area contributed by atoms with Crippen LogP contribution in [-0.2, 0) is 0 Å². The summed E-state index contributed by atoms with van der Waals surface area (Å²) in [5.41, 5.74) is 2.97. The van der Waals surface area contributed by atoms with Gasteiger partial charge in [0.2, 0.25) is 0 Å². The maximum atomic E-state index is 10.3. The van der Waals surface area contributed by atoms with Gasteiger partial charge in [0, 0.05) is 5.56 Å². The minimum absolute atomic E-state index is 0.186. The van der Waals surface area contributed by atoms with Crippen LogP contribution in [0.5, 0.6) is 5.75 Å². The molecule has 0 radical (unpaired) electrons. The van der Waals surface area contributed by atoms with Crippen molar-refractivity contribution in [1.82, 2.24) is 0 Å². The largest absolute Gasteiger partial charge is 0.496 e. The monoisotopic (exact) mass is 222 g/mol.